The first-order valence-electron chi connectivity index (χ1n) is 9.04. The molecule has 0 spiro atoms. The average molecular weight is 330 g/mol. The number of hydrogen-bond donors (Lipinski definition) is 0. The fourth-order valence-corrected chi connectivity index (χ4v) is 3.42. The maximum atomic E-state index is 12.7. The number of imide groups is 1. The van der Waals surface area contributed by atoms with E-state index in [9.17, 15) is 9.59 Å². The molecule has 0 radical (unpaired) electrons. The number of carbonyl (C=O) groups excluding carboxylic acids is 2. The lowest BCUT2D eigenvalue weighted by Gasteiger charge is -2.19. The number of likely N-dealkylation sites (tertiary alicyclic amines) is 1. The molecule has 2 rings (SSSR count). The minimum atomic E-state index is -0.201. The molecule has 1 saturated heterocycles. The van der Waals surface area contributed by atoms with Gasteiger partial charge in [0.1, 0.15) is 0 Å². The molecule has 0 saturated carbocycles. The minimum absolute atomic E-state index is 0.00409. The molecule has 1 fully saturated rings. The molecule has 2 amide bonds. The highest BCUT2D eigenvalue weighted by Crippen LogP contribution is 2.34. The van der Waals surface area contributed by atoms with Crippen LogP contribution in [-0.2, 0) is 9.59 Å². The van der Waals surface area contributed by atoms with Gasteiger partial charge in [-0.2, -0.15) is 0 Å². The molecule has 1 aromatic carbocycles. The number of benzene rings is 1. The van der Waals surface area contributed by atoms with E-state index in [1.165, 1.54) is 10.5 Å². The van der Waals surface area contributed by atoms with Crippen LogP contribution in [-0.4, -0.2) is 48.3 Å². The fourth-order valence-electron chi connectivity index (χ4n) is 3.42. The van der Waals surface area contributed by atoms with Crippen molar-refractivity contribution in [1.82, 2.24) is 9.80 Å². The molecule has 0 aromatic heterocycles. The number of carbonyl (C=O) groups is 2. The number of rotatable bonds is 8. The second-order valence-corrected chi connectivity index (χ2v) is 7.02. The third-order valence-electron chi connectivity index (χ3n) is 5.28. The van der Waals surface area contributed by atoms with Crippen molar-refractivity contribution in [3.8, 4) is 0 Å². The predicted octanol–water partition coefficient (Wildman–Crippen LogP) is 3.14. The Bertz CT molecular complexity index is 558. The van der Waals surface area contributed by atoms with Crippen molar-refractivity contribution in [2.45, 2.75) is 39.5 Å². The molecule has 4 heteroatoms. The van der Waals surface area contributed by atoms with Crippen LogP contribution in [0.25, 0.3) is 0 Å². The smallest absolute Gasteiger partial charge is 0.233 e. The molecule has 1 aliphatic heterocycles. The van der Waals surface area contributed by atoms with Gasteiger partial charge in [-0.15, -0.1) is 0 Å². The summed E-state index contributed by atoms with van der Waals surface area (Å²) in [6.45, 7) is 8.58. The quantitative estimate of drug-likeness (QED) is 0.688. The highest BCUT2D eigenvalue weighted by Gasteiger charge is 2.44. The average Bonchev–Trinajstić information content (AvgIpc) is 2.80. The Kier molecular flexibility index (Phi) is 6.55. The van der Waals surface area contributed by atoms with E-state index in [1.54, 1.807) is 0 Å². The van der Waals surface area contributed by atoms with E-state index < -0.39 is 0 Å². The van der Waals surface area contributed by atoms with Crippen LogP contribution in [0.1, 0.15) is 45.1 Å². The van der Waals surface area contributed by atoms with Crippen LogP contribution in [0.4, 0.5) is 0 Å². The van der Waals surface area contributed by atoms with Crippen molar-refractivity contribution in [1.29, 1.82) is 0 Å². The molecule has 4 nitrogen and oxygen atoms in total. The van der Waals surface area contributed by atoms with Crippen LogP contribution >= 0.6 is 0 Å². The minimum Gasteiger partial charge on any atom is -0.307 e. The molecule has 0 bridgehead atoms. The number of hydrogen-bond acceptors (Lipinski definition) is 3. The van der Waals surface area contributed by atoms with Gasteiger partial charge < -0.3 is 4.90 Å². The third kappa shape index (κ3) is 4.23. The number of amides is 2. The zero-order valence-corrected chi connectivity index (χ0v) is 15.4. The summed E-state index contributed by atoms with van der Waals surface area (Å²) in [6, 6.07) is 10.2. The zero-order valence-electron chi connectivity index (χ0n) is 15.4. The van der Waals surface area contributed by atoms with Gasteiger partial charge in [0.15, 0.2) is 0 Å². The topological polar surface area (TPSA) is 40.6 Å². The standard InChI is InChI=1S/C20H30N2O2/c1-5-21(4)12-9-13-22-19(23)16(3)18(20(22)24)14-15(2)17-10-7-6-8-11-17/h6-8,10-11,15-16,18H,5,9,12-14H2,1-4H3. The van der Waals surface area contributed by atoms with Crippen LogP contribution in [0.2, 0.25) is 0 Å². The van der Waals surface area contributed by atoms with E-state index >= 15 is 0 Å². The molecule has 0 aliphatic carbocycles. The SMILES string of the molecule is CCN(C)CCCN1C(=O)C(C)C(CC(C)c2ccccc2)C1=O. The Morgan fingerprint density at radius 2 is 1.83 bits per heavy atom. The summed E-state index contributed by atoms with van der Waals surface area (Å²) in [4.78, 5) is 28.9. The summed E-state index contributed by atoms with van der Waals surface area (Å²) in [5.74, 6) is -0.0791. The molecule has 1 heterocycles. The van der Waals surface area contributed by atoms with Crippen LogP contribution in [0.3, 0.4) is 0 Å². The molecule has 132 valence electrons. The molecular weight excluding hydrogens is 300 g/mol. The second-order valence-electron chi connectivity index (χ2n) is 7.02. The Hall–Kier alpha value is -1.68. The Morgan fingerprint density at radius 3 is 2.46 bits per heavy atom. The lowest BCUT2D eigenvalue weighted by Crippen LogP contribution is -2.34. The van der Waals surface area contributed by atoms with E-state index in [4.69, 9.17) is 0 Å². The van der Waals surface area contributed by atoms with Gasteiger partial charge in [-0.05, 0) is 44.5 Å². The van der Waals surface area contributed by atoms with E-state index in [0.717, 1.165) is 25.9 Å². The first-order valence-corrected chi connectivity index (χ1v) is 9.04. The molecule has 3 atom stereocenters. The highest BCUT2D eigenvalue weighted by atomic mass is 16.2. The molecule has 0 N–H and O–H groups in total. The Morgan fingerprint density at radius 1 is 1.17 bits per heavy atom. The van der Waals surface area contributed by atoms with Crippen molar-refractivity contribution in [3.63, 3.8) is 0 Å². The summed E-state index contributed by atoms with van der Waals surface area (Å²) in [7, 11) is 2.06. The molecule has 1 aliphatic rings. The van der Waals surface area contributed by atoms with Gasteiger partial charge in [0.05, 0.1) is 5.92 Å². The van der Waals surface area contributed by atoms with Gasteiger partial charge in [-0.25, -0.2) is 0 Å². The normalized spacial score (nSPS) is 22.5. The van der Waals surface area contributed by atoms with Gasteiger partial charge in [0.2, 0.25) is 11.8 Å². The van der Waals surface area contributed by atoms with Crippen molar-refractivity contribution < 1.29 is 9.59 Å². The summed E-state index contributed by atoms with van der Waals surface area (Å²) < 4.78 is 0. The first kappa shape index (κ1) is 18.7. The largest absolute Gasteiger partial charge is 0.307 e. The van der Waals surface area contributed by atoms with Gasteiger partial charge in [-0.3, -0.25) is 14.5 Å². The van der Waals surface area contributed by atoms with E-state index in [-0.39, 0.29) is 29.6 Å². The van der Waals surface area contributed by atoms with Crippen LogP contribution in [0.5, 0.6) is 0 Å². The highest BCUT2D eigenvalue weighted by molar-refractivity contribution is 6.04. The van der Waals surface area contributed by atoms with Crippen molar-refractivity contribution in [2.75, 3.05) is 26.7 Å². The Balaban J connectivity index is 1.96. The van der Waals surface area contributed by atoms with E-state index in [2.05, 4.69) is 37.9 Å². The fraction of sp³-hybridized carbons (Fsp3) is 0.600. The third-order valence-corrected chi connectivity index (χ3v) is 5.28. The lowest BCUT2D eigenvalue weighted by molar-refractivity contribution is -0.140. The van der Waals surface area contributed by atoms with Crippen molar-refractivity contribution in [2.24, 2.45) is 11.8 Å². The van der Waals surface area contributed by atoms with Gasteiger partial charge in [0, 0.05) is 12.5 Å². The summed E-state index contributed by atoms with van der Waals surface area (Å²) in [5.41, 5.74) is 1.23. The maximum Gasteiger partial charge on any atom is 0.233 e. The maximum absolute atomic E-state index is 12.7. The second kappa shape index (κ2) is 8.43. The Labute approximate surface area is 145 Å². The molecular formula is C20H30N2O2. The van der Waals surface area contributed by atoms with Crippen molar-refractivity contribution >= 4 is 11.8 Å². The van der Waals surface area contributed by atoms with E-state index in [0.29, 0.717) is 6.54 Å². The van der Waals surface area contributed by atoms with Crippen molar-refractivity contribution in [3.05, 3.63) is 35.9 Å². The van der Waals surface area contributed by atoms with Crippen LogP contribution < -0.4 is 0 Å². The summed E-state index contributed by atoms with van der Waals surface area (Å²) in [6.07, 6.45) is 1.58. The zero-order chi connectivity index (χ0) is 17.7. The lowest BCUT2D eigenvalue weighted by atomic mass is 9.85. The molecule has 1 aromatic rings. The number of nitrogens with zero attached hydrogens (tertiary/aromatic N) is 2. The summed E-state index contributed by atoms with van der Waals surface area (Å²) in [5, 5.41) is 0. The summed E-state index contributed by atoms with van der Waals surface area (Å²) >= 11 is 0. The molecule has 3 unspecified atom stereocenters. The van der Waals surface area contributed by atoms with E-state index in [1.807, 2.05) is 25.1 Å². The van der Waals surface area contributed by atoms with Gasteiger partial charge in [-0.1, -0.05) is 51.1 Å². The molecule has 24 heavy (non-hydrogen) atoms. The van der Waals surface area contributed by atoms with Crippen LogP contribution in [0.15, 0.2) is 30.3 Å². The van der Waals surface area contributed by atoms with Gasteiger partial charge in [0.25, 0.3) is 0 Å². The predicted molar refractivity (Wildman–Crippen MR) is 96.6 cm³/mol. The van der Waals surface area contributed by atoms with Gasteiger partial charge >= 0.3 is 0 Å². The first-order chi connectivity index (χ1) is 11.5. The monoisotopic (exact) mass is 330 g/mol. The van der Waals surface area contributed by atoms with Crippen LogP contribution in [0, 0.1) is 11.8 Å².